The van der Waals surface area contributed by atoms with E-state index in [1.807, 2.05) is 13.8 Å². The Morgan fingerprint density at radius 3 is 2.56 bits per heavy atom. The Hall–Kier alpha value is -1.52. The zero-order chi connectivity index (χ0) is 11.9. The number of imidazole rings is 1. The van der Waals surface area contributed by atoms with Crippen LogP contribution < -0.4 is 0 Å². The number of hydrogen-bond acceptors (Lipinski definition) is 1. The standard InChI is InChI=1S/C11H11F3N2/c1-7(2)9-6-15-10-5-8(11(12,13)14)3-4-16(9)10/h3-7H,1-2H3. The molecule has 0 saturated heterocycles. The van der Waals surface area contributed by atoms with E-state index in [4.69, 9.17) is 0 Å². The maximum atomic E-state index is 12.4. The van der Waals surface area contributed by atoms with Crippen LogP contribution in [-0.2, 0) is 6.18 Å². The number of rotatable bonds is 1. The summed E-state index contributed by atoms with van der Waals surface area (Å²) in [5.41, 5.74) is 0.572. The predicted octanol–water partition coefficient (Wildman–Crippen LogP) is 3.48. The van der Waals surface area contributed by atoms with E-state index >= 15 is 0 Å². The van der Waals surface area contributed by atoms with Crippen LogP contribution in [0.25, 0.3) is 5.65 Å². The molecule has 0 amide bonds. The lowest BCUT2D eigenvalue weighted by Gasteiger charge is -2.08. The van der Waals surface area contributed by atoms with Gasteiger partial charge in [0.2, 0.25) is 0 Å². The maximum absolute atomic E-state index is 12.4. The summed E-state index contributed by atoms with van der Waals surface area (Å²) < 4.78 is 39.0. The van der Waals surface area contributed by atoms with Gasteiger partial charge in [0.1, 0.15) is 5.65 Å². The highest BCUT2D eigenvalue weighted by Gasteiger charge is 2.30. The molecule has 0 bridgehead atoms. The summed E-state index contributed by atoms with van der Waals surface area (Å²) in [6, 6.07) is 2.13. The molecule has 0 spiro atoms. The Bertz CT molecular complexity index is 511. The Morgan fingerprint density at radius 1 is 1.31 bits per heavy atom. The van der Waals surface area contributed by atoms with Gasteiger partial charge in [-0.2, -0.15) is 13.2 Å². The fraction of sp³-hybridized carbons (Fsp3) is 0.364. The summed E-state index contributed by atoms with van der Waals surface area (Å²) in [5, 5.41) is 0. The third-order valence-electron chi connectivity index (χ3n) is 2.46. The molecule has 0 aromatic carbocycles. The number of alkyl halides is 3. The van der Waals surface area contributed by atoms with Crippen molar-refractivity contribution in [3.63, 3.8) is 0 Å². The summed E-state index contributed by atoms with van der Waals surface area (Å²) in [4.78, 5) is 3.98. The second-order valence-electron chi connectivity index (χ2n) is 3.98. The van der Waals surface area contributed by atoms with E-state index in [1.165, 1.54) is 6.20 Å². The molecule has 0 aliphatic rings. The monoisotopic (exact) mass is 228 g/mol. The quantitative estimate of drug-likeness (QED) is 0.730. The normalized spacial score (nSPS) is 12.6. The van der Waals surface area contributed by atoms with Crippen LogP contribution in [0, 0.1) is 0 Å². The number of nitrogens with zero attached hydrogens (tertiary/aromatic N) is 2. The van der Waals surface area contributed by atoms with Crippen LogP contribution in [-0.4, -0.2) is 9.38 Å². The smallest absolute Gasteiger partial charge is 0.304 e. The summed E-state index contributed by atoms with van der Waals surface area (Å²) in [7, 11) is 0. The molecule has 0 radical (unpaired) electrons. The van der Waals surface area contributed by atoms with Crippen molar-refractivity contribution in [1.29, 1.82) is 0 Å². The molecule has 0 aliphatic carbocycles. The first kappa shape index (κ1) is 11.0. The highest BCUT2D eigenvalue weighted by molar-refractivity contribution is 5.44. The van der Waals surface area contributed by atoms with Crippen molar-refractivity contribution in [2.75, 3.05) is 0 Å². The zero-order valence-corrected chi connectivity index (χ0v) is 8.92. The van der Waals surface area contributed by atoms with Gasteiger partial charge in [0.05, 0.1) is 5.56 Å². The molecule has 0 fully saturated rings. The van der Waals surface area contributed by atoms with Gasteiger partial charge in [-0.05, 0) is 18.1 Å². The van der Waals surface area contributed by atoms with Crippen molar-refractivity contribution < 1.29 is 13.2 Å². The Kier molecular flexibility index (Phi) is 2.40. The second-order valence-corrected chi connectivity index (χ2v) is 3.98. The fourth-order valence-electron chi connectivity index (χ4n) is 1.60. The minimum atomic E-state index is -4.31. The molecule has 0 saturated carbocycles. The van der Waals surface area contributed by atoms with E-state index in [2.05, 4.69) is 4.98 Å². The average molecular weight is 228 g/mol. The Balaban J connectivity index is 2.58. The molecule has 16 heavy (non-hydrogen) atoms. The number of halogens is 3. The third kappa shape index (κ3) is 1.77. The second kappa shape index (κ2) is 3.50. The Labute approximate surface area is 90.7 Å². The van der Waals surface area contributed by atoms with E-state index in [1.54, 1.807) is 10.6 Å². The first-order valence-corrected chi connectivity index (χ1v) is 4.94. The van der Waals surface area contributed by atoms with Crippen molar-refractivity contribution in [3.05, 3.63) is 35.8 Å². The molecule has 0 N–H and O–H groups in total. The summed E-state index contributed by atoms with van der Waals surface area (Å²) >= 11 is 0. The predicted molar refractivity (Wildman–Crippen MR) is 54.3 cm³/mol. The molecular weight excluding hydrogens is 217 g/mol. The van der Waals surface area contributed by atoms with Crippen LogP contribution in [0.5, 0.6) is 0 Å². The van der Waals surface area contributed by atoms with Crippen LogP contribution in [0.2, 0.25) is 0 Å². The van der Waals surface area contributed by atoms with E-state index in [-0.39, 0.29) is 5.92 Å². The molecule has 0 aliphatic heterocycles. The van der Waals surface area contributed by atoms with Gasteiger partial charge in [-0.3, -0.25) is 0 Å². The summed E-state index contributed by atoms with van der Waals surface area (Å²) in [6.07, 6.45) is -1.29. The zero-order valence-electron chi connectivity index (χ0n) is 8.92. The average Bonchev–Trinajstić information content (AvgIpc) is 2.58. The molecular formula is C11H11F3N2. The molecule has 2 rings (SSSR count). The largest absolute Gasteiger partial charge is 0.416 e. The highest BCUT2D eigenvalue weighted by atomic mass is 19.4. The number of fused-ring (bicyclic) bond motifs is 1. The van der Waals surface area contributed by atoms with Crippen molar-refractivity contribution in [2.45, 2.75) is 25.9 Å². The van der Waals surface area contributed by atoms with Crippen LogP contribution in [0.4, 0.5) is 13.2 Å². The minimum absolute atomic E-state index is 0.228. The van der Waals surface area contributed by atoms with Gasteiger partial charge in [-0.15, -0.1) is 0 Å². The summed E-state index contributed by atoms with van der Waals surface area (Å²) in [6.45, 7) is 3.95. The topological polar surface area (TPSA) is 17.3 Å². The first-order valence-electron chi connectivity index (χ1n) is 4.94. The molecule has 2 aromatic rings. The van der Waals surface area contributed by atoms with Gasteiger partial charge < -0.3 is 4.40 Å². The van der Waals surface area contributed by atoms with Gasteiger partial charge in [-0.1, -0.05) is 13.8 Å². The van der Waals surface area contributed by atoms with Gasteiger partial charge in [0.25, 0.3) is 0 Å². The van der Waals surface area contributed by atoms with Crippen molar-refractivity contribution >= 4 is 5.65 Å². The molecule has 2 nitrogen and oxygen atoms in total. The van der Waals surface area contributed by atoms with Crippen molar-refractivity contribution in [1.82, 2.24) is 9.38 Å². The van der Waals surface area contributed by atoms with Gasteiger partial charge >= 0.3 is 6.18 Å². The van der Waals surface area contributed by atoms with Gasteiger partial charge in [0.15, 0.2) is 0 Å². The van der Waals surface area contributed by atoms with Crippen LogP contribution in [0.3, 0.4) is 0 Å². The van der Waals surface area contributed by atoms with Crippen LogP contribution >= 0.6 is 0 Å². The first-order chi connectivity index (χ1) is 7.39. The van der Waals surface area contributed by atoms with E-state index in [0.29, 0.717) is 5.65 Å². The number of pyridine rings is 1. The van der Waals surface area contributed by atoms with Crippen LogP contribution in [0.15, 0.2) is 24.5 Å². The van der Waals surface area contributed by atoms with Gasteiger partial charge in [-0.25, -0.2) is 4.98 Å². The molecule has 2 aromatic heterocycles. The highest BCUT2D eigenvalue weighted by Crippen LogP contribution is 2.30. The van der Waals surface area contributed by atoms with Crippen molar-refractivity contribution in [2.24, 2.45) is 0 Å². The molecule has 2 heterocycles. The molecule has 0 unspecified atom stereocenters. The van der Waals surface area contributed by atoms with E-state index in [0.717, 1.165) is 17.8 Å². The number of hydrogen-bond donors (Lipinski definition) is 0. The lowest BCUT2D eigenvalue weighted by molar-refractivity contribution is -0.137. The SMILES string of the molecule is CC(C)c1cnc2cc(C(F)(F)F)ccn12. The van der Waals surface area contributed by atoms with Crippen LogP contribution in [0.1, 0.15) is 31.0 Å². The van der Waals surface area contributed by atoms with Crippen molar-refractivity contribution in [3.8, 4) is 0 Å². The lowest BCUT2D eigenvalue weighted by atomic mass is 10.1. The Morgan fingerprint density at radius 2 is 2.00 bits per heavy atom. The maximum Gasteiger partial charge on any atom is 0.416 e. The van der Waals surface area contributed by atoms with E-state index < -0.39 is 11.7 Å². The molecule has 86 valence electrons. The number of aromatic nitrogens is 2. The third-order valence-corrected chi connectivity index (χ3v) is 2.46. The van der Waals surface area contributed by atoms with E-state index in [9.17, 15) is 13.2 Å². The summed E-state index contributed by atoms with van der Waals surface area (Å²) in [5.74, 6) is 0.228. The van der Waals surface area contributed by atoms with Gasteiger partial charge in [0, 0.05) is 18.1 Å². The molecule has 5 heteroatoms. The lowest BCUT2D eigenvalue weighted by Crippen LogP contribution is -2.06. The minimum Gasteiger partial charge on any atom is -0.304 e. The molecule has 0 atom stereocenters. The fourth-order valence-corrected chi connectivity index (χ4v) is 1.60.